The van der Waals surface area contributed by atoms with Crippen LogP contribution in [0, 0.1) is 12.8 Å². The standard InChI is InChI=1S/C21H22N4O/c1-15-19(13-22-14-24-15)21(26)25-10-7-16(8-11-25)12-17-4-2-6-20-18(17)5-3-9-23-20/h2-6,9,13-14,16H,7-8,10-12H2,1H3. The fourth-order valence-electron chi connectivity index (χ4n) is 3.77. The summed E-state index contributed by atoms with van der Waals surface area (Å²) in [5.41, 5.74) is 3.77. The quantitative estimate of drug-likeness (QED) is 0.729. The second-order valence-corrected chi connectivity index (χ2v) is 6.95. The molecule has 3 aromatic rings. The van der Waals surface area contributed by atoms with Gasteiger partial charge in [-0.2, -0.15) is 0 Å². The fourth-order valence-corrected chi connectivity index (χ4v) is 3.77. The molecule has 1 saturated heterocycles. The molecule has 1 aromatic carbocycles. The molecule has 1 fully saturated rings. The van der Waals surface area contributed by atoms with Gasteiger partial charge in [0.05, 0.1) is 16.8 Å². The van der Waals surface area contributed by atoms with Gasteiger partial charge < -0.3 is 4.90 Å². The number of benzene rings is 1. The van der Waals surface area contributed by atoms with Gasteiger partial charge in [-0.25, -0.2) is 9.97 Å². The van der Waals surface area contributed by atoms with Crippen LogP contribution < -0.4 is 0 Å². The molecule has 132 valence electrons. The highest BCUT2D eigenvalue weighted by atomic mass is 16.2. The van der Waals surface area contributed by atoms with Crippen LogP contribution in [0.15, 0.2) is 49.1 Å². The molecule has 0 saturated carbocycles. The molecule has 0 atom stereocenters. The highest BCUT2D eigenvalue weighted by Crippen LogP contribution is 2.26. The molecule has 0 spiro atoms. The average Bonchev–Trinajstić information content (AvgIpc) is 2.69. The molecule has 0 aliphatic carbocycles. The van der Waals surface area contributed by atoms with Crippen molar-refractivity contribution in [3.8, 4) is 0 Å². The summed E-state index contributed by atoms with van der Waals surface area (Å²) < 4.78 is 0. The van der Waals surface area contributed by atoms with E-state index in [0.29, 0.717) is 11.5 Å². The first-order valence-electron chi connectivity index (χ1n) is 9.11. The third kappa shape index (κ3) is 3.29. The molecule has 3 heterocycles. The molecule has 0 N–H and O–H groups in total. The predicted octanol–water partition coefficient (Wildman–Crippen LogP) is 3.43. The van der Waals surface area contributed by atoms with E-state index in [4.69, 9.17) is 0 Å². The van der Waals surface area contributed by atoms with Gasteiger partial charge in [-0.15, -0.1) is 0 Å². The number of pyridine rings is 1. The summed E-state index contributed by atoms with van der Waals surface area (Å²) in [6.45, 7) is 3.44. The summed E-state index contributed by atoms with van der Waals surface area (Å²) in [5, 5.41) is 1.24. The number of fused-ring (bicyclic) bond motifs is 1. The van der Waals surface area contributed by atoms with Gasteiger partial charge in [-0.05, 0) is 49.8 Å². The molecule has 2 aromatic heterocycles. The maximum absolute atomic E-state index is 12.7. The lowest BCUT2D eigenvalue weighted by atomic mass is 9.88. The zero-order chi connectivity index (χ0) is 17.9. The van der Waals surface area contributed by atoms with Crippen LogP contribution in [0.25, 0.3) is 10.9 Å². The van der Waals surface area contributed by atoms with Crippen LogP contribution >= 0.6 is 0 Å². The number of aryl methyl sites for hydroxylation is 1. The summed E-state index contributed by atoms with van der Waals surface area (Å²) >= 11 is 0. The van der Waals surface area contributed by atoms with Crippen LogP contribution in [-0.4, -0.2) is 38.8 Å². The molecule has 0 radical (unpaired) electrons. The van der Waals surface area contributed by atoms with Gasteiger partial charge in [0.25, 0.3) is 5.91 Å². The first-order valence-corrected chi connectivity index (χ1v) is 9.11. The normalized spacial score (nSPS) is 15.3. The van der Waals surface area contributed by atoms with Crippen molar-refractivity contribution in [3.63, 3.8) is 0 Å². The van der Waals surface area contributed by atoms with Crippen molar-refractivity contribution in [2.24, 2.45) is 5.92 Å². The van der Waals surface area contributed by atoms with E-state index in [2.05, 4.69) is 39.2 Å². The summed E-state index contributed by atoms with van der Waals surface area (Å²) in [4.78, 5) is 27.2. The molecule has 0 unspecified atom stereocenters. The smallest absolute Gasteiger partial charge is 0.257 e. The first-order chi connectivity index (χ1) is 12.7. The topological polar surface area (TPSA) is 59.0 Å². The number of aromatic nitrogens is 3. The monoisotopic (exact) mass is 346 g/mol. The molecule has 1 aliphatic heterocycles. The van der Waals surface area contributed by atoms with Gasteiger partial charge in [0.1, 0.15) is 6.33 Å². The highest BCUT2D eigenvalue weighted by Gasteiger charge is 2.25. The van der Waals surface area contributed by atoms with E-state index < -0.39 is 0 Å². The largest absolute Gasteiger partial charge is 0.339 e. The Morgan fingerprint density at radius 3 is 2.81 bits per heavy atom. The Morgan fingerprint density at radius 2 is 2.00 bits per heavy atom. The fraction of sp³-hybridized carbons (Fsp3) is 0.333. The molecule has 1 aliphatic rings. The number of hydrogen-bond donors (Lipinski definition) is 0. The molecule has 4 rings (SSSR count). The molecule has 5 nitrogen and oxygen atoms in total. The number of hydrogen-bond acceptors (Lipinski definition) is 4. The number of carbonyl (C=O) groups excluding carboxylic acids is 1. The third-order valence-corrected chi connectivity index (χ3v) is 5.29. The van der Waals surface area contributed by atoms with Crippen LogP contribution in [0.1, 0.15) is 34.5 Å². The number of carbonyl (C=O) groups is 1. The van der Waals surface area contributed by atoms with Crippen molar-refractivity contribution in [3.05, 3.63) is 65.9 Å². The molecule has 1 amide bonds. The Bertz CT molecular complexity index is 927. The maximum atomic E-state index is 12.7. The van der Waals surface area contributed by atoms with E-state index in [1.807, 2.05) is 24.1 Å². The van der Waals surface area contributed by atoms with E-state index in [1.165, 1.54) is 17.3 Å². The van der Waals surface area contributed by atoms with Crippen LogP contribution in [0.2, 0.25) is 0 Å². The predicted molar refractivity (Wildman–Crippen MR) is 101 cm³/mol. The minimum atomic E-state index is 0.0518. The number of rotatable bonds is 3. The van der Waals surface area contributed by atoms with Crippen LogP contribution in [0.3, 0.4) is 0 Å². The van der Waals surface area contributed by atoms with Crippen LogP contribution in [0.5, 0.6) is 0 Å². The first kappa shape index (κ1) is 16.6. The minimum Gasteiger partial charge on any atom is -0.339 e. The Kier molecular flexibility index (Phi) is 4.61. The zero-order valence-electron chi connectivity index (χ0n) is 14.9. The van der Waals surface area contributed by atoms with Crippen molar-refractivity contribution in [2.75, 3.05) is 13.1 Å². The van der Waals surface area contributed by atoms with Gasteiger partial charge in [-0.1, -0.05) is 18.2 Å². The second kappa shape index (κ2) is 7.20. The summed E-state index contributed by atoms with van der Waals surface area (Å²) in [5.74, 6) is 0.647. The van der Waals surface area contributed by atoms with E-state index >= 15 is 0 Å². The molecular weight excluding hydrogens is 324 g/mol. The van der Waals surface area contributed by atoms with Gasteiger partial charge in [0, 0.05) is 30.9 Å². The third-order valence-electron chi connectivity index (χ3n) is 5.29. The zero-order valence-corrected chi connectivity index (χ0v) is 14.9. The van der Waals surface area contributed by atoms with Gasteiger partial charge in [0.15, 0.2) is 0 Å². The van der Waals surface area contributed by atoms with Crippen LogP contribution in [-0.2, 0) is 6.42 Å². The Balaban J connectivity index is 1.42. The Morgan fingerprint density at radius 1 is 1.15 bits per heavy atom. The Labute approximate surface area is 153 Å². The number of likely N-dealkylation sites (tertiary alicyclic amines) is 1. The minimum absolute atomic E-state index is 0.0518. The summed E-state index contributed by atoms with van der Waals surface area (Å²) in [6.07, 6.45) is 8.03. The second-order valence-electron chi connectivity index (χ2n) is 6.95. The van der Waals surface area contributed by atoms with E-state index in [1.54, 1.807) is 6.20 Å². The molecule has 0 bridgehead atoms. The van der Waals surface area contributed by atoms with Crippen molar-refractivity contribution in [2.45, 2.75) is 26.2 Å². The van der Waals surface area contributed by atoms with Crippen LogP contribution in [0.4, 0.5) is 0 Å². The van der Waals surface area contributed by atoms with Crippen molar-refractivity contribution in [1.82, 2.24) is 19.9 Å². The Hall–Kier alpha value is -2.82. The molecule has 26 heavy (non-hydrogen) atoms. The van der Waals surface area contributed by atoms with Crippen molar-refractivity contribution >= 4 is 16.8 Å². The highest BCUT2D eigenvalue weighted by molar-refractivity contribution is 5.94. The molecular formula is C21H22N4O. The van der Waals surface area contributed by atoms with E-state index in [-0.39, 0.29) is 5.91 Å². The lowest BCUT2D eigenvalue weighted by Gasteiger charge is -2.32. The summed E-state index contributed by atoms with van der Waals surface area (Å²) in [6, 6.07) is 10.5. The maximum Gasteiger partial charge on any atom is 0.257 e. The van der Waals surface area contributed by atoms with Crippen molar-refractivity contribution < 1.29 is 4.79 Å². The SMILES string of the molecule is Cc1ncncc1C(=O)N1CCC(Cc2cccc3ncccc23)CC1. The number of piperidine rings is 1. The van der Waals surface area contributed by atoms with Gasteiger partial charge in [-0.3, -0.25) is 9.78 Å². The number of nitrogens with zero attached hydrogens (tertiary/aromatic N) is 4. The lowest BCUT2D eigenvalue weighted by Crippen LogP contribution is -2.39. The lowest BCUT2D eigenvalue weighted by molar-refractivity contribution is 0.0689. The number of amides is 1. The van der Waals surface area contributed by atoms with E-state index in [9.17, 15) is 4.79 Å². The van der Waals surface area contributed by atoms with Crippen molar-refractivity contribution in [1.29, 1.82) is 0 Å². The molecule has 5 heteroatoms. The summed E-state index contributed by atoms with van der Waals surface area (Å²) in [7, 11) is 0. The van der Waals surface area contributed by atoms with Gasteiger partial charge >= 0.3 is 0 Å². The van der Waals surface area contributed by atoms with E-state index in [0.717, 1.165) is 43.6 Å². The average molecular weight is 346 g/mol. The van der Waals surface area contributed by atoms with Gasteiger partial charge in [0.2, 0.25) is 0 Å².